The minimum Gasteiger partial charge on any atom is -0.504 e. The van der Waals surface area contributed by atoms with Crippen molar-refractivity contribution in [3.63, 3.8) is 0 Å². The lowest BCUT2D eigenvalue weighted by Crippen LogP contribution is -1.89. The quantitative estimate of drug-likeness (QED) is 0.372. The molecular formula is C16H14O4. The number of benzene rings is 3. The zero-order chi connectivity index (χ0) is 14.6. The molecule has 0 fully saturated rings. The van der Waals surface area contributed by atoms with Crippen LogP contribution >= 0.6 is 0 Å². The van der Waals surface area contributed by atoms with Crippen LogP contribution in [0, 0.1) is 13.8 Å². The summed E-state index contributed by atoms with van der Waals surface area (Å²) in [6.45, 7) is 3.74. The van der Waals surface area contributed by atoms with Gasteiger partial charge in [-0.1, -0.05) is 0 Å². The van der Waals surface area contributed by atoms with Gasteiger partial charge < -0.3 is 20.4 Å². The van der Waals surface area contributed by atoms with Crippen LogP contribution in [0.25, 0.3) is 21.5 Å². The van der Waals surface area contributed by atoms with E-state index in [9.17, 15) is 20.4 Å². The summed E-state index contributed by atoms with van der Waals surface area (Å²) < 4.78 is 0. The molecule has 4 nitrogen and oxygen atoms in total. The van der Waals surface area contributed by atoms with Crippen LogP contribution in [0.1, 0.15) is 11.1 Å². The van der Waals surface area contributed by atoms with E-state index in [0.717, 1.165) is 32.7 Å². The fourth-order valence-corrected chi connectivity index (χ4v) is 2.68. The molecule has 20 heavy (non-hydrogen) atoms. The third-order valence-electron chi connectivity index (χ3n) is 3.85. The van der Waals surface area contributed by atoms with E-state index in [-0.39, 0.29) is 23.0 Å². The van der Waals surface area contributed by atoms with Gasteiger partial charge in [0.2, 0.25) is 0 Å². The van der Waals surface area contributed by atoms with E-state index in [1.807, 2.05) is 13.8 Å². The summed E-state index contributed by atoms with van der Waals surface area (Å²) >= 11 is 0. The van der Waals surface area contributed by atoms with Gasteiger partial charge in [0.1, 0.15) is 0 Å². The Bertz CT molecular complexity index is 725. The van der Waals surface area contributed by atoms with E-state index in [0.29, 0.717) is 0 Å². The zero-order valence-electron chi connectivity index (χ0n) is 11.1. The average Bonchev–Trinajstić information content (AvgIpc) is 2.41. The van der Waals surface area contributed by atoms with Gasteiger partial charge in [0.25, 0.3) is 0 Å². The van der Waals surface area contributed by atoms with Crippen molar-refractivity contribution in [1.82, 2.24) is 0 Å². The molecule has 0 aliphatic rings. The fraction of sp³-hybridized carbons (Fsp3) is 0.125. The Hall–Kier alpha value is -2.62. The smallest absolute Gasteiger partial charge is 0.158 e. The summed E-state index contributed by atoms with van der Waals surface area (Å²) in [6, 6.07) is 6.04. The Morgan fingerprint density at radius 2 is 0.700 bits per heavy atom. The first-order chi connectivity index (χ1) is 9.40. The van der Waals surface area contributed by atoms with Crippen molar-refractivity contribution in [2.75, 3.05) is 0 Å². The SMILES string of the molecule is Cc1c2cc(O)c(O)cc2c(C)c2cc(O)c(O)cc12. The maximum atomic E-state index is 9.66. The van der Waals surface area contributed by atoms with Gasteiger partial charge in [-0.05, 0) is 70.8 Å². The molecule has 4 heteroatoms. The minimum atomic E-state index is -0.178. The van der Waals surface area contributed by atoms with Crippen molar-refractivity contribution in [2.24, 2.45) is 0 Å². The molecule has 0 aromatic heterocycles. The van der Waals surface area contributed by atoms with Crippen molar-refractivity contribution in [2.45, 2.75) is 13.8 Å². The summed E-state index contributed by atoms with van der Waals surface area (Å²) in [6.07, 6.45) is 0. The zero-order valence-corrected chi connectivity index (χ0v) is 11.1. The molecular weight excluding hydrogens is 256 g/mol. The Labute approximate surface area is 115 Å². The molecule has 0 heterocycles. The van der Waals surface area contributed by atoms with Gasteiger partial charge in [0.05, 0.1) is 0 Å². The maximum Gasteiger partial charge on any atom is 0.158 e. The lowest BCUT2D eigenvalue weighted by molar-refractivity contribution is 0.404. The number of phenolic OH excluding ortho intramolecular Hbond substituents is 4. The second-order valence-electron chi connectivity index (χ2n) is 5.02. The molecule has 3 aromatic carbocycles. The third kappa shape index (κ3) is 1.54. The van der Waals surface area contributed by atoms with E-state index in [2.05, 4.69) is 0 Å². The molecule has 4 N–H and O–H groups in total. The van der Waals surface area contributed by atoms with Gasteiger partial charge >= 0.3 is 0 Å². The molecule has 0 bridgehead atoms. The molecule has 0 radical (unpaired) electrons. The molecule has 102 valence electrons. The lowest BCUT2D eigenvalue weighted by Gasteiger charge is -2.14. The topological polar surface area (TPSA) is 80.9 Å². The number of phenols is 4. The van der Waals surface area contributed by atoms with E-state index in [1.54, 1.807) is 0 Å². The lowest BCUT2D eigenvalue weighted by atomic mass is 9.92. The second kappa shape index (κ2) is 3.93. The first-order valence-corrected chi connectivity index (χ1v) is 6.20. The molecule has 0 aliphatic carbocycles. The summed E-state index contributed by atoms with van der Waals surface area (Å²) in [7, 11) is 0. The Kier molecular flexibility index (Phi) is 2.44. The van der Waals surface area contributed by atoms with Gasteiger partial charge in [-0.15, -0.1) is 0 Å². The largest absolute Gasteiger partial charge is 0.504 e. The van der Waals surface area contributed by atoms with Crippen LogP contribution in [-0.4, -0.2) is 20.4 Å². The normalized spacial score (nSPS) is 11.3. The first kappa shape index (κ1) is 12.4. The van der Waals surface area contributed by atoms with Crippen LogP contribution in [-0.2, 0) is 0 Å². The predicted octanol–water partition coefficient (Wildman–Crippen LogP) is 3.43. The molecule has 3 aromatic rings. The summed E-state index contributed by atoms with van der Waals surface area (Å²) in [4.78, 5) is 0. The Balaban J connectivity index is 2.60. The van der Waals surface area contributed by atoms with Crippen LogP contribution in [0.3, 0.4) is 0 Å². The van der Waals surface area contributed by atoms with Crippen LogP contribution in [0.4, 0.5) is 0 Å². The summed E-state index contributed by atoms with van der Waals surface area (Å²) in [5, 5.41) is 41.9. The third-order valence-corrected chi connectivity index (χ3v) is 3.85. The Morgan fingerprint density at radius 3 is 0.900 bits per heavy atom. The van der Waals surface area contributed by atoms with E-state index < -0.39 is 0 Å². The van der Waals surface area contributed by atoms with E-state index in [4.69, 9.17) is 0 Å². The molecule has 0 atom stereocenters. The van der Waals surface area contributed by atoms with Crippen LogP contribution in [0.2, 0.25) is 0 Å². The number of aromatic hydroxyl groups is 4. The fourth-order valence-electron chi connectivity index (χ4n) is 2.68. The van der Waals surface area contributed by atoms with Crippen LogP contribution < -0.4 is 0 Å². The van der Waals surface area contributed by atoms with E-state index in [1.165, 1.54) is 24.3 Å². The molecule has 0 saturated heterocycles. The summed E-state index contributed by atoms with van der Waals surface area (Å²) in [5.41, 5.74) is 1.73. The second-order valence-corrected chi connectivity index (χ2v) is 5.02. The van der Waals surface area contributed by atoms with Gasteiger partial charge in [-0.3, -0.25) is 0 Å². The average molecular weight is 270 g/mol. The van der Waals surface area contributed by atoms with Crippen molar-refractivity contribution in [3.05, 3.63) is 35.4 Å². The highest BCUT2D eigenvalue weighted by Gasteiger charge is 2.14. The van der Waals surface area contributed by atoms with Gasteiger partial charge in [-0.2, -0.15) is 0 Å². The standard InChI is InChI=1S/C16H14O4/c1-7-9-3-13(17)15(19)5-11(9)8(2)12-6-16(20)14(18)4-10(7)12/h3-6,17-20H,1-2H3. The molecule has 0 saturated carbocycles. The highest BCUT2D eigenvalue weighted by Crippen LogP contribution is 2.41. The first-order valence-electron chi connectivity index (χ1n) is 6.20. The molecule has 0 amide bonds. The molecule has 0 unspecified atom stereocenters. The maximum absolute atomic E-state index is 9.66. The predicted molar refractivity (Wildman–Crippen MR) is 77.6 cm³/mol. The number of rotatable bonds is 0. The van der Waals surface area contributed by atoms with Crippen LogP contribution in [0.15, 0.2) is 24.3 Å². The minimum absolute atomic E-state index is 0.178. The molecule has 0 aliphatic heterocycles. The molecule has 3 rings (SSSR count). The number of hydrogen-bond donors (Lipinski definition) is 4. The number of hydrogen-bond acceptors (Lipinski definition) is 4. The number of aryl methyl sites for hydroxylation is 2. The van der Waals surface area contributed by atoms with Gasteiger partial charge in [-0.25, -0.2) is 0 Å². The van der Waals surface area contributed by atoms with Crippen molar-refractivity contribution < 1.29 is 20.4 Å². The summed E-state index contributed by atoms with van der Waals surface area (Å²) in [5.74, 6) is -0.714. The Morgan fingerprint density at radius 1 is 0.500 bits per heavy atom. The van der Waals surface area contributed by atoms with Crippen molar-refractivity contribution in [1.29, 1.82) is 0 Å². The van der Waals surface area contributed by atoms with Crippen molar-refractivity contribution >= 4 is 21.5 Å². The number of fused-ring (bicyclic) bond motifs is 2. The monoisotopic (exact) mass is 270 g/mol. The molecule has 0 spiro atoms. The highest BCUT2D eigenvalue weighted by atomic mass is 16.3. The highest BCUT2D eigenvalue weighted by molar-refractivity contribution is 6.07. The van der Waals surface area contributed by atoms with Crippen LogP contribution in [0.5, 0.6) is 23.0 Å². The van der Waals surface area contributed by atoms with E-state index >= 15 is 0 Å². The van der Waals surface area contributed by atoms with Gasteiger partial charge in [0.15, 0.2) is 23.0 Å². The van der Waals surface area contributed by atoms with Crippen molar-refractivity contribution in [3.8, 4) is 23.0 Å². The van der Waals surface area contributed by atoms with Gasteiger partial charge in [0, 0.05) is 0 Å².